The third-order valence-electron chi connectivity index (χ3n) is 6.89. The van der Waals surface area contributed by atoms with Crippen LogP contribution in [0.15, 0.2) is 54.4 Å². The summed E-state index contributed by atoms with van der Waals surface area (Å²) >= 11 is 6.04. The molecular weight excluding hydrogens is 533 g/mol. The molecule has 5 rings (SSSR count). The molecule has 1 aliphatic carbocycles. The number of nitrogens with zero attached hydrogens (tertiary/aromatic N) is 4. The molecule has 7 nitrogen and oxygen atoms in total. The maximum Gasteiger partial charge on any atom is 0.416 e. The van der Waals surface area contributed by atoms with Gasteiger partial charge in [0, 0.05) is 24.3 Å². The smallest absolute Gasteiger partial charge is 0.416 e. The first-order chi connectivity index (χ1) is 18.3. The second-order valence-corrected chi connectivity index (χ2v) is 11.2. The Hall–Kier alpha value is -3.66. The first kappa shape index (κ1) is 26.9. The van der Waals surface area contributed by atoms with Crippen LogP contribution in [0.5, 0.6) is 0 Å². The quantitative estimate of drug-likeness (QED) is 0.348. The number of amides is 1. The average molecular weight is 559 g/mol. The van der Waals surface area contributed by atoms with Crippen molar-refractivity contribution in [3.63, 3.8) is 0 Å². The number of hydrogen-bond acceptors (Lipinski definition) is 5. The zero-order chi connectivity index (χ0) is 28.2. The van der Waals surface area contributed by atoms with E-state index in [4.69, 9.17) is 16.3 Å². The summed E-state index contributed by atoms with van der Waals surface area (Å²) < 4.78 is 47.7. The van der Waals surface area contributed by atoms with E-state index in [9.17, 15) is 22.8 Å². The molecule has 0 N–H and O–H groups in total. The van der Waals surface area contributed by atoms with Gasteiger partial charge in [-0.15, -0.1) is 0 Å². The summed E-state index contributed by atoms with van der Waals surface area (Å²) in [5.74, 6) is -0.585. The zero-order valence-electron chi connectivity index (χ0n) is 21.6. The minimum absolute atomic E-state index is 0.0595. The van der Waals surface area contributed by atoms with Gasteiger partial charge in [-0.05, 0) is 81.7 Å². The number of ether oxygens (including phenoxy) is 1. The summed E-state index contributed by atoms with van der Waals surface area (Å²) in [5, 5.41) is 5.09. The molecule has 2 aromatic heterocycles. The van der Waals surface area contributed by atoms with Crippen molar-refractivity contribution < 1.29 is 27.5 Å². The highest BCUT2D eigenvalue weighted by molar-refractivity contribution is 6.30. The molecule has 3 heterocycles. The van der Waals surface area contributed by atoms with Crippen molar-refractivity contribution in [1.29, 1.82) is 0 Å². The van der Waals surface area contributed by atoms with Gasteiger partial charge in [0.05, 0.1) is 28.6 Å². The van der Waals surface area contributed by atoms with Crippen molar-refractivity contribution in [3.05, 3.63) is 81.9 Å². The van der Waals surface area contributed by atoms with E-state index in [-0.39, 0.29) is 25.2 Å². The number of ketones is 1. The van der Waals surface area contributed by atoms with Crippen LogP contribution < -0.4 is 0 Å². The summed E-state index contributed by atoms with van der Waals surface area (Å²) in [5.41, 5.74) is -0.403. The molecule has 1 fully saturated rings. The van der Waals surface area contributed by atoms with Gasteiger partial charge in [0.15, 0.2) is 5.78 Å². The van der Waals surface area contributed by atoms with Gasteiger partial charge in [0.2, 0.25) is 0 Å². The molecule has 39 heavy (non-hydrogen) atoms. The largest absolute Gasteiger partial charge is 0.444 e. The van der Waals surface area contributed by atoms with E-state index in [1.165, 1.54) is 4.90 Å². The lowest BCUT2D eigenvalue weighted by molar-refractivity contribution is -0.137. The van der Waals surface area contributed by atoms with Crippen molar-refractivity contribution in [3.8, 4) is 5.69 Å². The number of Topliss-reactive ketones (excluding diaryl/α,β-unsaturated/α-hetero) is 1. The van der Waals surface area contributed by atoms with E-state index in [0.717, 1.165) is 35.3 Å². The Labute approximate surface area is 228 Å². The lowest BCUT2D eigenvalue weighted by Gasteiger charge is -2.45. The topological polar surface area (TPSA) is 77.3 Å². The molecule has 1 atom stereocenters. The van der Waals surface area contributed by atoms with Gasteiger partial charge in [0.25, 0.3) is 0 Å². The zero-order valence-corrected chi connectivity index (χ0v) is 22.3. The van der Waals surface area contributed by atoms with Crippen LogP contribution in [0.1, 0.15) is 54.5 Å². The van der Waals surface area contributed by atoms with Crippen molar-refractivity contribution in [1.82, 2.24) is 19.7 Å². The van der Waals surface area contributed by atoms with E-state index in [2.05, 4.69) is 10.1 Å². The molecule has 1 aliphatic heterocycles. The van der Waals surface area contributed by atoms with Crippen molar-refractivity contribution in [2.75, 3.05) is 13.1 Å². The van der Waals surface area contributed by atoms with Crippen LogP contribution in [0.4, 0.5) is 18.0 Å². The predicted molar refractivity (Wildman–Crippen MR) is 139 cm³/mol. The second-order valence-electron chi connectivity index (χ2n) is 10.8. The second kappa shape index (κ2) is 9.51. The van der Waals surface area contributed by atoms with E-state index in [1.807, 2.05) is 18.2 Å². The molecule has 0 spiro atoms. The Balaban J connectivity index is 1.59. The summed E-state index contributed by atoms with van der Waals surface area (Å²) in [6, 6.07) is 8.72. The van der Waals surface area contributed by atoms with Gasteiger partial charge < -0.3 is 9.64 Å². The highest BCUT2D eigenvalue weighted by Crippen LogP contribution is 2.46. The third-order valence-corrected chi connectivity index (χ3v) is 7.15. The van der Waals surface area contributed by atoms with Gasteiger partial charge in [0.1, 0.15) is 11.3 Å². The number of halogens is 4. The maximum absolute atomic E-state index is 14.1. The number of fused-ring (bicyclic) bond motifs is 2. The Bertz CT molecular complexity index is 1470. The van der Waals surface area contributed by atoms with Gasteiger partial charge in [-0.25, -0.2) is 9.48 Å². The van der Waals surface area contributed by atoms with Crippen LogP contribution in [0.25, 0.3) is 11.8 Å². The highest BCUT2D eigenvalue weighted by atomic mass is 35.5. The fourth-order valence-corrected chi connectivity index (χ4v) is 5.22. The lowest BCUT2D eigenvalue weighted by atomic mass is 9.65. The van der Waals surface area contributed by atoms with Gasteiger partial charge in [-0.1, -0.05) is 17.2 Å². The standard InChI is InChI=1S/C28H26ClF3N4O3/c1-26(2,3)39-25(38)35-11-9-18-13-23-17(15-34-36(23)21-6-4-20(29)5-7-21)14-27(18,16-35)24(37)22-12-19(8-10-33-22)28(30,31)32/h4-8,10,12-13,15H,9,11,14,16H2,1-3H3. The summed E-state index contributed by atoms with van der Waals surface area (Å²) in [7, 11) is 0. The number of alkyl halides is 3. The fourth-order valence-electron chi connectivity index (χ4n) is 5.10. The van der Waals surface area contributed by atoms with Crippen LogP contribution in [0.3, 0.4) is 0 Å². The van der Waals surface area contributed by atoms with Crippen LogP contribution in [0, 0.1) is 5.41 Å². The molecule has 1 unspecified atom stereocenters. The number of piperidine rings is 1. The number of carbonyl (C=O) groups is 2. The van der Waals surface area contributed by atoms with Crippen LogP contribution >= 0.6 is 11.6 Å². The predicted octanol–water partition coefficient (Wildman–Crippen LogP) is 6.39. The van der Waals surface area contributed by atoms with Gasteiger partial charge in [-0.3, -0.25) is 9.78 Å². The normalized spacial score (nSPS) is 19.2. The fraction of sp³-hybridized carbons (Fsp3) is 0.357. The third kappa shape index (κ3) is 5.17. The molecule has 1 saturated heterocycles. The Morgan fingerprint density at radius 2 is 1.82 bits per heavy atom. The van der Waals surface area contributed by atoms with Crippen molar-refractivity contribution in [2.45, 2.75) is 45.4 Å². The summed E-state index contributed by atoms with van der Waals surface area (Å²) in [4.78, 5) is 32.6. The molecule has 11 heteroatoms. The average Bonchev–Trinajstić information content (AvgIpc) is 3.27. The summed E-state index contributed by atoms with van der Waals surface area (Å²) in [6.07, 6.45) is -0.280. The number of aromatic nitrogens is 3. The van der Waals surface area contributed by atoms with Crippen molar-refractivity contribution in [2.24, 2.45) is 5.41 Å². The molecule has 0 bridgehead atoms. The minimum atomic E-state index is -4.64. The number of hydrogen-bond donors (Lipinski definition) is 0. The lowest BCUT2D eigenvalue weighted by Crippen LogP contribution is -2.54. The van der Waals surface area contributed by atoms with E-state index in [0.29, 0.717) is 17.0 Å². The first-order valence-corrected chi connectivity index (χ1v) is 12.7. The Kier molecular flexibility index (Phi) is 6.57. The van der Waals surface area contributed by atoms with Crippen LogP contribution in [-0.4, -0.2) is 50.2 Å². The van der Waals surface area contributed by atoms with Gasteiger partial charge in [-0.2, -0.15) is 18.3 Å². The first-order valence-electron chi connectivity index (χ1n) is 12.4. The molecule has 1 aromatic carbocycles. The van der Waals surface area contributed by atoms with Crippen LogP contribution in [-0.2, 0) is 17.3 Å². The van der Waals surface area contributed by atoms with E-state index < -0.39 is 34.6 Å². The number of benzene rings is 1. The molecular formula is C28H26ClF3N4O3. The summed E-state index contributed by atoms with van der Waals surface area (Å²) in [6.45, 7) is 5.45. The molecule has 0 radical (unpaired) electrons. The van der Waals surface area contributed by atoms with E-state index >= 15 is 0 Å². The molecule has 3 aromatic rings. The minimum Gasteiger partial charge on any atom is -0.444 e. The number of carbonyl (C=O) groups excluding carboxylic acids is 2. The monoisotopic (exact) mass is 558 g/mol. The van der Waals surface area contributed by atoms with Gasteiger partial charge >= 0.3 is 12.3 Å². The molecule has 0 saturated carbocycles. The molecule has 1 amide bonds. The number of likely N-dealkylation sites (tertiary alicyclic amines) is 1. The number of pyridine rings is 1. The number of rotatable bonds is 3. The molecule has 2 aliphatic rings. The van der Waals surface area contributed by atoms with Crippen LogP contribution in [0.2, 0.25) is 5.02 Å². The van der Waals surface area contributed by atoms with Crippen molar-refractivity contribution >= 4 is 29.6 Å². The molecule has 204 valence electrons. The van der Waals surface area contributed by atoms with E-state index in [1.54, 1.807) is 43.8 Å². The SMILES string of the molecule is CC(C)(C)OC(=O)N1CCC2=Cc3c(cnn3-c3ccc(Cl)cc3)CC2(C(=O)c2cc(C(F)(F)F)ccn2)C1. The Morgan fingerprint density at radius 3 is 2.49 bits per heavy atom. The maximum atomic E-state index is 14.1. The highest BCUT2D eigenvalue weighted by Gasteiger charge is 2.51. The Morgan fingerprint density at radius 1 is 1.10 bits per heavy atom.